The molecule has 0 heterocycles. The van der Waals surface area contributed by atoms with Gasteiger partial charge in [-0.15, -0.1) is 13.2 Å². The van der Waals surface area contributed by atoms with Gasteiger partial charge in [-0.3, -0.25) is 0 Å². The van der Waals surface area contributed by atoms with Gasteiger partial charge in [0.25, 0.3) is 0 Å². The lowest BCUT2D eigenvalue weighted by molar-refractivity contribution is -0.274. The van der Waals surface area contributed by atoms with E-state index in [9.17, 15) is 13.2 Å². The van der Waals surface area contributed by atoms with E-state index in [-0.39, 0.29) is 16.7 Å². The second kappa shape index (κ2) is 6.49. The molecule has 0 aliphatic heterocycles. The Morgan fingerprint density at radius 3 is 2.09 bits per heavy atom. The lowest BCUT2D eigenvalue weighted by Crippen LogP contribution is -2.31. The zero-order chi connectivity index (χ0) is 17.2. The second-order valence-corrected chi connectivity index (χ2v) is 7.46. The number of hydrogen-bond acceptors (Lipinski definition) is 2. The first-order valence-corrected chi connectivity index (χ1v) is 7.46. The van der Waals surface area contributed by atoms with E-state index in [1.165, 1.54) is 12.1 Å². The van der Waals surface area contributed by atoms with Gasteiger partial charge < -0.3 is 10.5 Å². The van der Waals surface area contributed by atoms with E-state index >= 15 is 0 Å². The first-order valence-electron chi connectivity index (χ1n) is 7.46. The van der Waals surface area contributed by atoms with Gasteiger partial charge in [-0.05, 0) is 61.8 Å². The Morgan fingerprint density at radius 1 is 1.05 bits per heavy atom. The summed E-state index contributed by atoms with van der Waals surface area (Å²) in [6.07, 6.45) is -2.36. The van der Waals surface area contributed by atoms with Crippen LogP contribution in [0.5, 0.6) is 5.75 Å². The molecule has 0 radical (unpaired) electrons. The van der Waals surface area contributed by atoms with Crippen molar-refractivity contribution in [3.8, 4) is 5.75 Å². The van der Waals surface area contributed by atoms with Crippen LogP contribution in [0.25, 0.3) is 0 Å². The molecule has 5 heteroatoms. The smallest absolute Gasteiger partial charge is 0.406 e. The molecule has 22 heavy (non-hydrogen) atoms. The minimum absolute atomic E-state index is 0.135. The monoisotopic (exact) mass is 317 g/mol. The molecular formula is C17H26F3NO. The van der Waals surface area contributed by atoms with Crippen LogP contribution in [0.15, 0.2) is 18.2 Å². The summed E-state index contributed by atoms with van der Waals surface area (Å²) >= 11 is 0. The van der Waals surface area contributed by atoms with Gasteiger partial charge in [-0.25, -0.2) is 0 Å². The molecule has 1 aromatic rings. The summed E-state index contributed by atoms with van der Waals surface area (Å²) in [5.74, 6) is -0.164. The Bertz CT molecular complexity index is 496. The van der Waals surface area contributed by atoms with Crippen LogP contribution in [0.4, 0.5) is 13.2 Å². The Balaban J connectivity index is 3.00. The highest BCUT2D eigenvalue weighted by molar-refractivity contribution is 5.39. The third-order valence-corrected chi connectivity index (χ3v) is 3.39. The quantitative estimate of drug-likeness (QED) is 0.834. The third-order valence-electron chi connectivity index (χ3n) is 3.39. The molecule has 0 unspecified atom stereocenters. The molecule has 0 aliphatic carbocycles. The highest BCUT2D eigenvalue weighted by atomic mass is 19.4. The van der Waals surface area contributed by atoms with E-state index in [1.807, 2.05) is 34.6 Å². The molecular weight excluding hydrogens is 291 g/mol. The fourth-order valence-corrected chi connectivity index (χ4v) is 2.44. The van der Waals surface area contributed by atoms with Crippen molar-refractivity contribution in [3.63, 3.8) is 0 Å². The van der Waals surface area contributed by atoms with Crippen molar-refractivity contribution in [2.75, 3.05) is 0 Å². The molecule has 0 fully saturated rings. The normalized spacial score (nSPS) is 13.3. The minimum atomic E-state index is -4.67. The lowest BCUT2D eigenvalue weighted by Gasteiger charge is -2.25. The average molecular weight is 317 g/mol. The number of benzene rings is 1. The van der Waals surface area contributed by atoms with Crippen molar-refractivity contribution in [1.82, 2.24) is 0 Å². The summed E-state index contributed by atoms with van der Waals surface area (Å²) in [5, 5.41) is 0. The summed E-state index contributed by atoms with van der Waals surface area (Å²) in [6, 6.07) is 4.60. The van der Waals surface area contributed by atoms with Crippen LogP contribution < -0.4 is 10.5 Å². The Hall–Kier alpha value is -1.23. The first-order chi connectivity index (χ1) is 9.78. The number of halogens is 3. The maximum atomic E-state index is 12.4. The predicted octanol–water partition coefficient (Wildman–Crippen LogP) is 4.94. The SMILES string of the molecule is CC(C)(N)CCCc1cc(OC(F)(F)F)ccc1C(C)(C)C. The lowest BCUT2D eigenvalue weighted by atomic mass is 9.82. The van der Waals surface area contributed by atoms with Gasteiger partial charge >= 0.3 is 6.36 Å². The minimum Gasteiger partial charge on any atom is -0.406 e. The van der Waals surface area contributed by atoms with Crippen molar-refractivity contribution in [3.05, 3.63) is 29.3 Å². The molecule has 2 nitrogen and oxygen atoms in total. The maximum Gasteiger partial charge on any atom is 0.573 e. The number of hydrogen-bond donors (Lipinski definition) is 1. The fourth-order valence-electron chi connectivity index (χ4n) is 2.44. The van der Waals surface area contributed by atoms with Gasteiger partial charge in [-0.1, -0.05) is 26.8 Å². The van der Waals surface area contributed by atoms with Gasteiger partial charge in [0.05, 0.1) is 0 Å². The molecule has 2 N–H and O–H groups in total. The van der Waals surface area contributed by atoms with Crippen molar-refractivity contribution >= 4 is 0 Å². The summed E-state index contributed by atoms with van der Waals surface area (Å²) in [4.78, 5) is 0. The molecule has 1 rings (SSSR count). The molecule has 0 amide bonds. The molecule has 0 atom stereocenters. The molecule has 0 bridgehead atoms. The van der Waals surface area contributed by atoms with Crippen LogP contribution in [0, 0.1) is 0 Å². The molecule has 0 spiro atoms. The zero-order valence-corrected chi connectivity index (χ0v) is 14.0. The van der Waals surface area contributed by atoms with Crippen molar-refractivity contribution < 1.29 is 17.9 Å². The van der Waals surface area contributed by atoms with Crippen molar-refractivity contribution in [1.29, 1.82) is 0 Å². The Morgan fingerprint density at radius 2 is 1.64 bits per heavy atom. The molecule has 0 saturated heterocycles. The van der Waals surface area contributed by atoms with E-state index in [4.69, 9.17) is 5.73 Å². The largest absolute Gasteiger partial charge is 0.573 e. The molecule has 0 saturated carbocycles. The van der Waals surface area contributed by atoms with Crippen molar-refractivity contribution in [2.45, 2.75) is 71.2 Å². The Kier molecular flexibility index (Phi) is 5.55. The van der Waals surface area contributed by atoms with Gasteiger partial charge in [-0.2, -0.15) is 0 Å². The van der Waals surface area contributed by atoms with Gasteiger partial charge in [0.2, 0.25) is 0 Å². The fraction of sp³-hybridized carbons (Fsp3) is 0.647. The Labute approximate surface area is 130 Å². The number of rotatable bonds is 5. The van der Waals surface area contributed by atoms with E-state index in [2.05, 4.69) is 4.74 Å². The van der Waals surface area contributed by atoms with E-state index in [0.29, 0.717) is 6.42 Å². The van der Waals surface area contributed by atoms with Crippen LogP contribution in [0.2, 0.25) is 0 Å². The van der Waals surface area contributed by atoms with E-state index < -0.39 is 6.36 Å². The highest BCUT2D eigenvalue weighted by Gasteiger charge is 2.31. The van der Waals surface area contributed by atoms with Crippen LogP contribution in [0.1, 0.15) is 58.6 Å². The van der Waals surface area contributed by atoms with E-state index in [1.54, 1.807) is 6.07 Å². The highest BCUT2D eigenvalue weighted by Crippen LogP contribution is 2.32. The number of alkyl halides is 3. The molecule has 0 aliphatic rings. The van der Waals surface area contributed by atoms with E-state index in [0.717, 1.165) is 24.0 Å². The van der Waals surface area contributed by atoms with Gasteiger partial charge in [0.15, 0.2) is 0 Å². The van der Waals surface area contributed by atoms with Crippen LogP contribution in [-0.2, 0) is 11.8 Å². The topological polar surface area (TPSA) is 35.2 Å². The van der Waals surface area contributed by atoms with Gasteiger partial charge in [0, 0.05) is 5.54 Å². The van der Waals surface area contributed by atoms with Crippen molar-refractivity contribution in [2.24, 2.45) is 5.73 Å². The van der Waals surface area contributed by atoms with Crippen LogP contribution in [-0.4, -0.2) is 11.9 Å². The number of ether oxygens (including phenoxy) is 1. The second-order valence-electron chi connectivity index (χ2n) is 7.46. The average Bonchev–Trinajstić information content (AvgIpc) is 2.23. The third kappa shape index (κ3) is 6.69. The van der Waals surface area contributed by atoms with Crippen LogP contribution in [0.3, 0.4) is 0 Å². The van der Waals surface area contributed by atoms with Crippen LogP contribution >= 0.6 is 0 Å². The maximum absolute atomic E-state index is 12.4. The first kappa shape index (κ1) is 18.8. The molecule has 126 valence electrons. The molecule has 1 aromatic carbocycles. The molecule has 0 aromatic heterocycles. The zero-order valence-electron chi connectivity index (χ0n) is 14.0. The number of nitrogens with two attached hydrogens (primary N) is 1. The summed E-state index contributed by atoms with van der Waals surface area (Å²) in [6.45, 7) is 10.0. The standard InChI is InChI=1S/C17H26F3NO/c1-15(2,3)14-9-8-13(22-17(18,19)20)11-12(14)7-6-10-16(4,5)21/h8-9,11H,6-7,10,21H2,1-5H3. The summed E-state index contributed by atoms with van der Waals surface area (Å²) in [5.41, 5.74) is 7.48. The summed E-state index contributed by atoms with van der Waals surface area (Å²) in [7, 11) is 0. The summed E-state index contributed by atoms with van der Waals surface area (Å²) < 4.78 is 41.2. The van der Waals surface area contributed by atoms with Gasteiger partial charge in [0.1, 0.15) is 5.75 Å². The number of aryl methyl sites for hydroxylation is 1. The predicted molar refractivity (Wildman–Crippen MR) is 83.0 cm³/mol.